The highest BCUT2D eigenvalue weighted by Gasteiger charge is 2.37. The smallest absolute Gasteiger partial charge is 0.249 e. The van der Waals surface area contributed by atoms with Gasteiger partial charge in [-0.2, -0.15) is 10.4 Å². The zero-order valence-electron chi connectivity index (χ0n) is 19.3. The lowest BCUT2D eigenvalue weighted by molar-refractivity contribution is -0.183. The molecule has 0 N–H and O–H groups in total. The molecule has 35 heavy (non-hydrogen) atoms. The molecule has 0 radical (unpaired) electrons. The zero-order valence-corrected chi connectivity index (χ0v) is 19.3. The Morgan fingerprint density at radius 1 is 1.09 bits per heavy atom. The van der Waals surface area contributed by atoms with Gasteiger partial charge in [-0.05, 0) is 68.4 Å². The number of amides is 1. The van der Waals surface area contributed by atoms with Gasteiger partial charge in [0.15, 0.2) is 0 Å². The van der Waals surface area contributed by atoms with Gasteiger partial charge in [-0.15, -0.1) is 0 Å². The van der Waals surface area contributed by atoms with Crippen molar-refractivity contribution in [3.05, 3.63) is 64.6 Å². The van der Waals surface area contributed by atoms with Crippen molar-refractivity contribution in [2.24, 2.45) is 11.8 Å². The second-order valence-electron chi connectivity index (χ2n) is 9.45. The summed E-state index contributed by atoms with van der Waals surface area (Å²) in [7, 11) is 0. The van der Waals surface area contributed by atoms with Crippen molar-refractivity contribution < 1.29 is 22.8 Å². The second-order valence-corrected chi connectivity index (χ2v) is 9.45. The lowest BCUT2D eigenvalue weighted by Gasteiger charge is -2.32. The Bertz CT molecular complexity index is 1300. The maximum absolute atomic E-state index is 14.5. The summed E-state index contributed by atoms with van der Waals surface area (Å²) in [4.78, 5) is 18.8. The molecule has 0 spiro atoms. The van der Waals surface area contributed by atoms with Crippen LogP contribution in [0, 0.1) is 47.5 Å². The average molecular weight is 483 g/mol. The molecule has 1 saturated carbocycles. The second kappa shape index (κ2) is 9.34. The summed E-state index contributed by atoms with van der Waals surface area (Å²) in [6.45, 7) is 2.64. The van der Waals surface area contributed by atoms with Crippen molar-refractivity contribution in [1.82, 2.24) is 14.8 Å². The molecule has 1 aromatic heterocycles. The molecule has 1 aliphatic carbocycles. The Kier molecular flexibility index (Phi) is 6.24. The first kappa shape index (κ1) is 23.4. The van der Waals surface area contributed by atoms with E-state index in [-0.39, 0.29) is 23.3 Å². The molecule has 2 fully saturated rings. The molecule has 1 atom stereocenters. The van der Waals surface area contributed by atoms with Crippen molar-refractivity contribution in [2.75, 3.05) is 6.61 Å². The lowest BCUT2D eigenvalue weighted by atomic mass is 9.81. The zero-order chi connectivity index (χ0) is 24.7. The van der Waals surface area contributed by atoms with Crippen LogP contribution in [0.3, 0.4) is 0 Å². The fraction of sp³-hybridized carbons (Fsp3) is 0.423. The molecule has 2 aliphatic rings. The van der Waals surface area contributed by atoms with E-state index >= 15 is 0 Å². The summed E-state index contributed by atoms with van der Waals surface area (Å²) in [5.74, 6) is -1.94. The monoisotopic (exact) mass is 482 g/mol. The summed E-state index contributed by atoms with van der Waals surface area (Å²) >= 11 is 0. The van der Waals surface area contributed by atoms with Gasteiger partial charge in [0.25, 0.3) is 0 Å². The van der Waals surface area contributed by atoms with Gasteiger partial charge in [0, 0.05) is 24.9 Å². The van der Waals surface area contributed by atoms with Crippen LogP contribution < -0.4 is 0 Å². The van der Waals surface area contributed by atoms with Gasteiger partial charge in [-0.25, -0.2) is 18.2 Å². The lowest BCUT2D eigenvalue weighted by Crippen LogP contribution is -2.37. The predicted octanol–water partition coefficient (Wildman–Crippen LogP) is 5.35. The van der Waals surface area contributed by atoms with E-state index in [2.05, 4.69) is 5.10 Å². The number of rotatable bonds is 4. The summed E-state index contributed by atoms with van der Waals surface area (Å²) < 4.78 is 43.7. The highest BCUT2D eigenvalue weighted by molar-refractivity contribution is 5.84. The number of carbonyl (C=O) groups excluding carboxylic acids is 1. The van der Waals surface area contributed by atoms with Crippen LogP contribution in [0.15, 0.2) is 30.3 Å². The van der Waals surface area contributed by atoms with Crippen molar-refractivity contribution in [3.63, 3.8) is 0 Å². The van der Waals surface area contributed by atoms with Crippen LogP contribution in [0.5, 0.6) is 0 Å². The minimum Gasteiger partial charge on any atom is -0.272 e. The molecule has 2 heterocycles. The minimum atomic E-state index is -0.678. The van der Waals surface area contributed by atoms with Gasteiger partial charge in [0.2, 0.25) is 5.91 Å². The van der Waals surface area contributed by atoms with Crippen LogP contribution in [0.2, 0.25) is 0 Å². The molecule has 1 amide bonds. The van der Waals surface area contributed by atoms with Crippen molar-refractivity contribution in [1.29, 1.82) is 5.26 Å². The van der Waals surface area contributed by atoms with E-state index in [1.807, 2.05) is 6.07 Å². The quantitative estimate of drug-likeness (QED) is 0.503. The predicted molar refractivity (Wildman–Crippen MR) is 121 cm³/mol. The fourth-order valence-corrected chi connectivity index (χ4v) is 5.42. The van der Waals surface area contributed by atoms with Gasteiger partial charge in [-0.1, -0.05) is 0 Å². The number of fused-ring (bicyclic) bond motifs is 1. The topological polar surface area (TPSA) is 71.2 Å². The van der Waals surface area contributed by atoms with Crippen LogP contribution in [0.25, 0.3) is 10.9 Å². The van der Waals surface area contributed by atoms with Gasteiger partial charge in [-0.3, -0.25) is 14.3 Å². The third kappa shape index (κ3) is 4.50. The molecule has 1 unspecified atom stereocenters. The number of nitrogens with zero attached hydrogens (tertiary/aromatic N) is 4. The van der Waals surface area contributed by atoms with E-state index in [1.165, 1.54) is 23.3 Å². The fourth-order valence-electron chi connectivity index (χ4n) is 5.42. The SMILES string of the molecule is Cc1nn(CC2CCC(C(=O)N3OCCC3c3cc(F)cc(F)c3)CC2)c2cc(C#N)cc(F)c12. The standard InChI is InChI=1S/C26H25F3N4O2/c1-15-25-22(29)8-17(13-30)9-24(25)32(31-15)14-16-2-4-18(5-3-16)26(34)33-23(6-7-35-33)19-10-20(27)12-21(28)11-19/h8-12,16,18,23H,2-7,14H2,1H3. The van der Waals surface area contributed by atoms with Crippen LogP contribution in [0.1, 0.15) is 55.0 Å². The normalized spacial score (nSPS) is 22.5. The molecular weight excluding hydrogens is 457 g/mol. The largest absolute Gasteiger partial charge is 0.272 e. The highest BCUT2D eigenvalue weighted by atomic mass is 19.1. The third-order valence-electron chi connectivity index (χ3n) is 7.13. The molecule has 9 heteroatoms. The Balaban J connectivity index is 1.26. The van der Waals surface area contributed by atoms with Crippen LogP contribution in [-0.2, 0) is 16.2 Å². The van der Waals surface area contributed by atoms with Gasteiger partial charge in [0.05, 0.1) is 40.9 Å². The summed E-state index contributed by atoms with van der Waals surface area (Å²) in [6.07, 6.45) is 3.36. The Morgan fingerprint density at radius 3 is 2.49 bits per heavy atom. The number of aryl methyl sites for hydroxylation is 1. The number of hydrogen-bond donors (Lipinski definition) is 0. The van der Waals surface area contributed by atoms with E-state index in [1.54, 1.807) is 17.7 Å². The molecule has 3 aromatic rings. The number of hydrogen-bond acceptors (Lipinski definition) is 4. The number of nitriles is 1. The third-order valence-corrected chi connectivity index (χ3v) is 7.13. The van der Waals surface area contributed by atoms with Crippen molar-refractivity contribution >= 4 is 16.8 Å². The summed E-state index contributed by atoms with van der Waals surface area (Å²) in [5, 5.41) is 15.4. The van der Waals surface area contributed by atoms with E-state index in [4.69, 9.17) is 4.84 Å². The molecule has 5 rings (SSSR count). The summed E-state index contributed by atoms with van der Waals surface area (Å²) in [5.41, 5.74) is 1.83. The first-order valence-electron chi connectivity index (χ1n) is 11.8. The molecule has 1 aliphatic heterocycles. The van der Waals surface area contributed by atoms with Crippen LogP contribution >= 0.6 is 0 Å². The first-order valence-corrected chi connectivity index (χ1v) is 11.8. The molecule has 6 nitrogen and oxygen atoms in total. The van der Waals surface area contributed by atoms with Crippen molar-refractivity contribution in [3.8, 4) is 6.07 Å². The average Bonchev–Trinajstić information content (AvgIpc) is 3.43. The molecule has 1 saturated heterocycles. The number of benzene rings is 2. The van der Waals surface area contributed by atoms with Gasteiger partial charge >= 0.3 is 0 Å². The minimum absolute atomic E-state index is 0.156. The van der Waals surface area contributed by atoms with Gasteiger partial charge < -0.3 is 0 Å². The van der Waals surface area contributed by atoms with Crippen LogP contribution in [0.4, 0.5) is 13.2 Å². The summed E-state index contributed by atoms with van der Waals surface area (Å²) in [6, 6.07) is 7.68. The number of hydroxylamine groups is 2. The maximum atomic E-state index is 14.5. The van der Waals surface area contributed by atoms with E-state index in [0.29, 0.717) is 54.6 Å². The number of carbonyl (C=O) groups is 1. The van der Waals surface area contributed by atoms with E-state index in [0.717, 1.165) is 18.9 Å². The molecular formula is C26H25F3N4O2. The van der Waals surface area contributed by atoms with E-state index < -0.39 is 23.5 Å². The maximum Gasteiger partial charge on any atom is 0.249 e. The Morgan fingerprint density at radius 2 is 1.80 bits per heavy atom. The van der Waals surface area contributed by atoms with E-state index in [9.17, 15) is 23.2 Å². The Hall–Kier alpha value is -3.38. The highest BCUT2D eigenvalue weighted by Crippen LogP contribution is 2.37. The molecule has 2 aromatic carbocycles. The first-order chi connectivity index (χ1) is 16.8. The van der Waals surface area contributed by atoms with Gasteiger partial charge in [0.1, 0.15) is 17.5 Å². The van der Waals surface area contributed by atoms with Crippen molar-refractivity contribution in [2.45, 2.75) is 51.6 Å². The molecule has 182 valence electrons. The van der Waals surface area contributed by atoms with Crippen LogP contribution in [-0.4, -0.2) is 27.4 Å². The number of aromatic nitrogens is 2. The molecule has 0 bridgehead atoms. The Labute approximate surface area is 200 Å². The number of halogens is 3.